The van der Waals surface area contributed by atoms with Crippen LogP contribution in [0.1, 0.15) is 12.0 Å². The lowest BCUT2D eigenvalue weighted by atomic mass is 10.2. The third kappa shape index (κ3) is 4.46. The van der Waals surface area contributed by atoms with E-state index in [4.69, 9.17) is 5.11 Å². The van der Waals surface area contributed by atoms with E-state index in [0.29, 0.717) is 39.1 Å². The summed E-state index contributed by atoms with van der Waals surface area (Å²) >= 11 is 0. The number of aliphatic hydroxyl groups excluding tert-OH is 1. The number of aromatic nitrogens is 2. The Balaban J connectivity index is 1.58. The van der Waals surface area contributed by atoms with Crippen LogP contribution in [0.5, 0.6) is 0 Å². The molecule has 25 heavy (non-hydrogen) atoms. The Morgan fingerprint density at radius 2 is 1.80 bits per heavy atom. The Hall–Kier alpha value is -1.74. The van der Waals surface area contributed by atoms with Crippen molar-refractivity contribution in [2.45, 2.75) is 24.4 Å². The summed E-state index contributed by atoms with van der Waals surface area (Å²) < 4.78 is 28.6. The summed E-state index contributed by atoms with van der Waals surface area (Å²) in [6, 6.07) is 10.2. The molecule has 136 valence electrons. The van der Waals surface area contributed by atoms with E-state index in [0.717, 1.165) is 6.54 Å². The summed E-state index contributed by atoms with van der Waals surface area (Å²) in [5.41, 5.74) is 1.24. The highest BCUT2D eigenvalue weighted by Crippen LogP contribution is 2.18. The Bertz CT molecular complexity index is 768. The molecule has 2 heterocycles. The summed E-state index contributed by atoms with van der Waals surface area (Å²) in [6.45, 7) is 3.81. The summed E-state index contributed by atoms with van der Waals surface area (Å²) in [7, 11) is -3.50. The van der Waals surface area contributed by atoms with Gasteiger partial charge in [0.2, 0.25) is 10.0 Å². The molecule has 2 aromatic rings. The van der Waals surface area contributed by atoms with Gasteiger partial charge in [-0.2, -0.15) is 9.40 Å². The number of aryl methyl sites for hydroxylation is 1. The molecule has 0 saturated carbocycles. The van der Waals surface area contributed by atoms with Gasteiger partial charge in [-0.1, -0.05) is 30.3 Å². The minimum Gasteiger partial charge on any atom is -0.396 e. The van der Waals surface area contributed by atoms with Crippen molar-refractivity contribution in [1.82, 2.24) is 19.0 Å². The SMILES string of the molecule is O=S(=O)(c1cnn(CCCO)c1)N1CCN(Cc2ccccc2)CC1. The predicted molar refractivity (Wildman–Crippen MR) is 94.4 cm³/mol. The molecule has 1 N–H and O–H groups in total. The maximum atomic E-state index is 12.7. The van der Waals surface area contributed by atoms with E-state index in [2.05, 4.69) is 22.1 Å². The van der Waals surface area contributed by atoms with E-state index in [-0.39, 0.29) is 11.5 Å². The van der Waals surface area contributed by atoms with Crippen LogP contribution < -0.4 is 0 Å². The zero-order valence-electron chi connectivity index (χ0n) is 14.2. The second-order valence-corrected chi connectivity index (χ2v) is 8.12. The number of rotatable bonds is 7. The molecule has 1 aliphatic rings. The van der Waals surface area contributed by atoms with E-state index < -0.39 is 10.0 Å². The molecule has 1 fully saturated rings. The number of piperazine rings is 1. The maximum absolute atomic E-state index is 12.7. The van der Waals surface area contributed by atoms with Crippen LogP contribution in [0.3, 0.4) is 0 Å². The third-order valence-corrected chi connectivity index (χ3v) is 6.22. The van der Waals surface area contributed by atoms with Crippen LogP contribution in [0.25, 0.3) is 0 Å². The van der Waals surface area contributed by atoms with Gasteiger partial charge in [-0.25, -0.2) is 8.42 Å². The van der Waals surface area contributed by atoms with Crippen molar-refractivity contribution >= 4 is 10.0 Å². The smallest absolute Gasteiger partial charge is 0.246 e. The lowest BCUT2D eigenvalue weighted by Crippen LogP contribution is -2.48. The lowest BCUT2D eigenvalue weighted by molar-refractivity contribution is 0.181. The Labute approximate surface area is 148 Å². The average molecular weight is 364 g/mol. The molecule has 0 aliphatic carbocycles. The summed E-state index contributed by atoms with van der Waals surface area (Å²) in [4.78, 5) is 2.49. The van der Waals surface area contributed by atoms with Crippen molar-refractivity contribution in [1.29, 1.82) is 0 Å². The van der Waals surface area contributed by atoms with Crippen LogP contribution in [0, 0.1) is 0 Å². The topological polar surface area (TPSA) is 78.7 Å². The second kappa shape index (κ2) is 8.09. The van der Waals surface area contributed by atoms with Gasteiger partial charge in [0.25, 0.3) is 0 Å². The van der Waals surface area contributed by atoms with Gasteiger partial charge < -0.3 is 5.11 Å². The van der Waals surface area contributed by atoms with Gasteiger partial charge >= 0.3 is 0 Å². The van der Waals surface area contributed by atoms with Gasteiger partial charge in [-0.05, 0) is 12.0 Å². The largest absolute Gasteiger partial charge is 0.396 e. The number of sulfonamides is 1. The van der Waals surface area contributed by atoms with E-state index in [1.807, 2.05) is 18.2 Å². The molecule has 8 heteroatoms. The van der Waals surface area contributed by atoms with Crippen molar-refractivity contribution in [3.05, 3.63) is 48.3 Å². The normalized spacial score (nSPS) is 17.0. The number of aliphatic hydroxyl groups is 1. The molecular formula is C17H24N4O3S. The van der Waals surface area contributed by atoms with E-state index in [9.17, 15) is 8.42 Å². The van der Waals surface area contributed by atoms with E-state index >= 15 is 0 Å². The van der Waals surface area contributed by atoms with Crippen molar-refractivity contribution in [3.8, 4) is 0 Å². The van der Waals surface area contributed by atoms with Gasteiger partial charge in [0.1, 0.15) is 4.90 Å². The number of hydrogen-bond acceptors (Lipinski definition) is 5. The third-order valence-electron chi connectivity index (χ3n) is 4.37. The van der Waals surface area contributed by atoms with Crippen LogP contribution in [0.15, 0.2) is 47.6 Å². The maximum Gasteiger partial charge on any atom is 0.246 e. The fourth-order valence-electron chi connectivity index (χ4n) is 2.95. The standard InChI is InChI=1S/C17H24N4O3S/c22-12-4-7-20-15-17(13-18-20)25(23,24)21-10-8-19(9-11-21)14-16-5-2-1-3-6-16/h1-3,5-6,13,15,22H,4,7-12,14H2. The van der Waals surface area contributed by atoms with Crippen molar-refractivity contribution in [3.63, 3.8) is 0 Å². The Kier molecular flexibility index (Phi) is 5.85. The molecule has 7 nitrogen and oxygen atoms in total. The summed E-state index contributed by atoms with van der Waals surface area (Å²) in [5.74, 6) is 0. The fraction of sp³-hybridized carbons (Fsp3) is 0.471. The highest BCUT2D eigenvalue weighted by Gasteiger charge is 2.29. The van der Waals surface area contributed by atoms with Crippen molar-refractivity contribution in [2.24, 2.45) is 0 Å². The molecule has 3 rings (SSSR count). The Morgan fingerprint density at radius 3 is 2.48 bits per heavy atom. The minimum absolute atomic E-state index is 0.0608. The van der Waals surface area contributed by atoms with Gasteiger partial charge in [0.05, 0.1) is 6.20 Å². The van der Waals surface area contributed by atoms with Crippen LogP contribution >= 0.6 is 0 Å². The second-order valence-electron chi connectivity index (χ2n) is 6.18. The van der Waals surface area contributed by atoms with E-state index in [1.165, 1.54) is 16.1 Å². The first-order valence-corrected chi connectivity index (χ1v) is 9.93. The fourth-order valence-corrected chi connectivity index (χ4v) is 4.33. The number of nitrogens with zero attached hydrogens (tertiary/aromatic N) is 4. The lowest BCUT2D eigenvalue weighted by Gasteiger charge is -2.33. The highest BCUT2D eigenvalue weighted by molar-refractivity contribution is 7.89. The van der Waals surface area contributed by atoms with Gasteiger partial charge in [-0.3, -0.25) is 9.58 Å². The predicted octanol–water partition coefficient (Wildman–Crippen LogP) is 0.772. The zero-order chi connectivity index (χ0) is 17.7. The molecule has 0 atom stereocenters. The first-order valence-electron chi connectivity index (χ1n) is 8.49. The minimum atomic E-state index is -3.50. The van der Waals surface area contributed by atoms with Gasteiger partial charge in [-0.15, -0.1) is 0 Å². The molecule has 1 saturated heterocycles. The van der Waals surface area contributed by atoms with Gasteiger partial charge in [0, 0.05) is 52.1 Å². The number of hydrogen-bond donors (Lipinski definition) is 1. The van der Waals surface area contributed by atoms with E-state index in [1.54, 1.807) is 10.9 Å². The molecule has 1 aromatic heterocycles. The number of benzene rings is 1. The molecule has 0 amide bonds. The molecule has 0 spiro atoms. The average Bonchev–Trinajstić information content (AvgIpc) is 3.11. The summed E-state index contributed by atoms with van der Waals surface area (Å²) in [5, 5.41) is 12.9. The van der Waals surface area contributed by atoms with Crippen LogP contribution in [0.4, 0.5) is 0 Å². The van der Waals surface area contributed by atoms with Crippen molar-refractivity contribution in [2.75, 3.05) is 32.8 Å². The summed E-state index contributed by atoms with van der Waals surface area (Å²) in [6.07, 6.45) is 3.49. The van der Waals surface area contributed by atoms with Crippen LogP contribution in [-0.4, -0.2) is 65.3 Å². The molecule has 0 bridgehead atoms. The van der Waals surface area contributed by atoms with Crippen LogP contribution in [0.2, 0.25) is 0 Å². The van der Waals surface area contributed by atoms with Crippen LogP contribution in [-0.2, 0) is 23.1 Å². The highest BCUT2D eigenvalue weighted by atomic mass is 32.2. The molecule has 0 radical (unpaired) electrons. The molecule has 1 aromatic carbocycles. The zero-order valence-corrected chi connectivity index (χ0v) is 15.0. The van der Waals surface area contributed by atoms with Gasteiger partial charge in [0.15, 0.2) is 0 Å². The first kappa shape index (κ1) is 18.1. The first-order chi connectivity index (χ1) is 12.1. The quantitative estimate of drug-likeness (QED) is 0.785. The molecule has 1 aliphatic heterocycles. The monoisotopic (exact) mass is 364 g/mol. The van der Waals surface area contributed by atoms with Crippen molar-refractivity contribution < 1.29 is 13.5 Å². The molecular weight excluding hydrogens is 340 g/mol. The molecule has 0 unspecified atom stereocenters. The Morgan fingerprint density at radius 1 is 1.08 bits per heavy atom.